The van der Waals surface area contributed by atoms with E-state index in [0.29, 0.717) is 43.2 Å². The van der Waals surface area contributed by atoms with Crippen LogP contribution in [0.2, 0.25) is 0 Å². The van der Waals surface area contributed by atoms with Gasteiger partial charge >= 0.3 is 0 Å². The van der Waals surface area contributed by atoms with E-state index in [1.165, 1.54) is 18.3 Å². The fourth-order valence-electron chi connectivity index (χ4n) is 3.80. The number of amides is 2. The monoisotopic (exact) mass is 467 g/mol. The number of benzene rings is 1. The summed E-state index contributed by atoms with van der Waals surface area (Å²) in [7, 11) is 0. The zero-order chi connectivity index (χ0) is 23.8. The van der Waals surface area contributed by atoms with Crippen molar-refractivity contribution in [1.29, 1.82) is 0 Å². The topological polar surface area (TPSA) is 120 Å². The number of rotatable bonds is 5. The molecule has 4 aromatic rings. The Balaban J connectivity index is 1.31. The van der Waals surface area contributed by atoms with E-state index >= 15 is 0 Å². The first-order valence-electron chi connectivity index (χ1n) is 10.5. The molecule has 1 fully saturated rings. The molecule has 0 spiro atoms. The molecule has 5 rings (SSSR count). The second-order valence-corrected chi connectivity index (χ2v) is 7.64. The molecule has 1 aliphatic heterocycles. The normalized spacial score (nSPS) is 14.1. The first kappa shape index (κ1) is 21.5. The molecule has 1 aliphatic rings. The van der Waals surface area contributed by atoms with Gasteiger partial charge in [-0.2, -0.15) is 4.39 Å². The van der Waals surface area contributed by atoms with Gasteiger partial charge in [0.15, 0.2) is 17.0 Å². The first-order valence-corrected chi connectivity index (χ1v) is 10.5. The lowest BCUT2D eigenvalue weighted by Gasteiger charge is -2.34. The van der Waals surface area contributed by atoms with E-state index in [-0.39, 0.29) is 35.0 Å². The number of nitrogens with zero attached hydrogens (tertiary/aromatic N) is 5. The molecule has 0 saturated carbocycles. The predicted molar refractivity (Wildman–Crippen MR) is 118 cm³/mol. The van der Waals surface area contributed by atoms with Crippen LogP contribution in [0.15, 0.2) is 41.6 Å². The van der Waals surface area contributed by atoms with E-state index in [2.05, 4.69) is 31.8 Å². The average molecular weight is 467 g/mol. The molecular weight excluding hydrogens is 448 g/mol. The number of halogens is 2. The van der Waals surface area contributed by atoms with Crippen molar-refractivity contribution >= 4 is 39.9 Å². The molecule has 0 bridgehead atoms. The van der Waals surface area contributed by atoms with E-state index in [1.807, 2.05) is 4.90 Å². The fourth-order valence-corrected chi connectivity index (χ4v) is 3.80. The molecule has 0 atom stereocenters. The van der Waals surface area contributed by atoms with Crippen LogP contribution in [0.25, 0.3) is 22.3 Å². The molecule has 0 aliphatic carbocycles. The second kappa shape index (κ2) is 8.54. The van der Waals surface area contributed by atoms with Gasteiger partial charge in [-0.1, -0.05) is 6.58 Å². The largest absolute Gasteiger partial charge is 0.436 e. The number of piperazine rings is 1. The zero-order valence-corrected chi connectivity index (χ0v) is 17.8. The van der Waals surface area contributed by atoms with Gasteiger partial charge in [0.2, 0.25) is 17.6 Å². The molecule has 2 N–H and O–H groups in total. The summed E-state index contributed by atoms with van der Waals surface area (Å²) in [5.41, 5.74) is 0.930. The van der Waals surface area contributed by atoms with Crippen LogP contribution in [0.4, 0.5) is 14.6 Å². The number of anilines is 1. The lowest BCUT2D eigenvalue weighted by atomic mass is 10.2. The molecule has 0 unspecified atom stereocenters. The fraction of sp³-hybridized carbons (Fsp3) is 0.227. The Kier molecular flexibility index (Phi) is 5.40. The van der Waals surface area contributed by atoms with Crippen LogP contribution in [-0.4, -0.2) is 62.8 Å². The molecule has 34 heavy (non-hydrogen) atoms. The third kappa shape index (κ3) is 3.83. The molecule has 4 heterocycles. The standard InChI is InChI=1S/C22H19F2N7O3/c1-2-17(32)31-7-5-30(6-8-31)15-10-26-21-19(29-15)12(9-25-21)22(33)27-11-16-28-14-4-3-13(23)18(24)20(14)34-16/h2-4,9-10H,1,5-8,11H2,(H,25,26)(H,27,33). The minimum absolute atomic E-state index is 0.0337. The Morgan fingerprint density at radius 1 is 1.21 bits per heavy atom. The van der Waals surface area contributed by atoms with Crippen LogP contribution in [0.5, 0.6) is 0 Å². The minimum Gasteiger partial charge on any atom is -0.436 e. The summed E-state index contributed by atoms with van der Waals surface area (Å²) < 4.78 is 32.5. The molecular formula is C22H19F2N7O3. The summed E-state index contributed by atoms with van der Waals surface area (Å²) in [5, 5.41) is 2.65. The average Bonchev–Trinajstić information content (AvgIpc) is 3.48. The van der Waals surface area contributed by atoms with Crippen molar-refractivity contribution in [3.8, 4) is 0 Å². The number of nitrogens with one attached hydrogen (secondary N) is 2. The number of H-pyrrole nitrogens is 1. The second-order valence-electron chi connectivity index (χ2n) is 7.64. The van der Waals surface area contributed by atoms with Crippen LogP contribution >= 0.6 is 0 Å². The lowest BCUT2D eigenvalue weighted by Crippen LogP contribution is -2.48. The number of carbonyl (C=O) groups is 2. The maximum atomic E-state index is 13.8. The first-order chi connectivity index (χ1) is 16.4. The smallest absolute Gasteiger partial charge is 0.255 e. The van der Waals surface area contributed by atoms with Crippen LogP contribution in [0.1, 0.15) is 16.2 Å². The Hall–Kier alpha value is -4.35. The van der Waals surface area contributed by atoms with Crippen LogP contribution in [-0.2, 0) is 11.3 Å². The van der Waals surface area contributed by atoms with Gasteiger partial charge in [0, 0.05) is 32.4 Å². The maximum Gasteiger partial charge on any atom is 0.255 e. The number of carbonyl (C=O) groups excluding carboxylic acids is 2. The van der Waals surface area contributed by atoms with Gasteiger partial charge in [0.05, 0.1) is 18.3 Å². The molecule has 0 radical (unpaired) electrons. The number of aromatic amines is 1. The Morgan fingerprint density at radius 2 is 2.00 bits per heavy atom. The molecule has 174 valence electrons. The third-order valence-corrected chi connectivity index (χ3v) is 5.60. The summed E-state index contributed by atoms with van der Waals surface area (Å²) in [4.78, 5) is 44.2. The van der Waals surface area contributed by atoms with E-state index in [9.17, 15) is 18.4 Å². The highest BCUT2D eigenvalue weighted by Crippen LogP contribution is 2.22. The maximum absolute atomic E-state index is 13.8. The SMILES string of the molecule is C=CC(=O)N1CCN(c2cnc3[nH]cc(C(=O)NCc4nc5ccc(F)c(F)c5o4)c3n2)CC1. The Bertz CT molecular complexity index is 1420. The summed E-state index contributed by atoms with van der Waals surface area (Å²) in [6.07, 6.45) is 4.39. The minimum atomic E-state index is -1.13. The summed E-state index contributed by atoms with van der Waals surface area (Å²) in [5.74, 6) is -2.13. The van der Waals surface area contributed by atoms with Gasteiger partial charge in [-0.25, -0.2) is 19.3 Å². The quantitative estimate of drug-likeness (QED) is 0.432. The highest BCUT2D eigenvalue weighted by molar-refractivity contribution is 6.04. The molecule has 1 saturated heterocycles. The molecule has 3 aromatic heterocycles. The number of hydrogen-bond donors (Lipinski definition) is 2. The van der Waals surface area contributed by atoms with Gasteiger partial charge in [-0.05, 0) is 18.2 Å². The number of fused-ring (bicyclic) bond motifs is 2. The van der Waals surface area contributed by atoms with Crippen LogP contribution < -0.4 is 10.2 Å². The summed E-state index contributed by atoms with van der Waals surface area (Å²) in [6, 6.07) is 2.26. The zero-order valence-electron chi connectivity index (χ0n) is 17.8. The van der Waals surface area contributed by atoms with Crippen molar-refractivity contribution < 1.29 is 22.8 Å². The van der Waals surface area contributed by atoms with Gasteiger partial charge < -0.3 is 24.5 Å². The molecule has 2 amide bonds. The number of hydrogen-bond acceptors (Lipinski definition) is 7. The van der Waals surface area contributed by atoms with Crippen molar-refractivity contribution in [3.05, 3.63) is 60.3 Å². The van der Waals surface area contributed by atoms with Crippen molar-refractivity contribution in [2.24, 2.45) is 0 Å². The van der Waals surface area contributed by atoms with Crippen molar-refractivity contribution in [3.63, 3.8) is 0 Å². The summed E-state index contributed by atoms with van der Waals surface area (Å²) >= 11 is 0. The Morgan fingerprint density at radius 3 is 2.76 bits per heavy atom. The van der Waals surface area contributed by atoms with Gasteiger partial charge in [0.1, 0.15) is 16.9 Å². The van der Waals surface area contributed by atoms with E-state index in [4.69, 9.17) is 4.42 Å². The highest BCUT2D eigenvalue weighted by Gasteiger charge is 2.22. The summed E-state index contributed by atoms with van der Waals surface area (Å²) in [6.45, 7) is 5.57. The van der Waals surface area contributed by atoms with Crippen molar-refractivity contribution in [2.75, 3.05) is 31.1 Å². The third-order valence-electron chi connectivity index (χ3n) is 5.60. The van der Waals surface area contributed by atoms with E-state index in [0.717, 1.165) is 6.07 Å². The van der Waals surface area contributed by atoms with Crippen molar-refractivity contribution in [1.82, 2.24) is 30.2 Å². The van der Waals surface area contributed by atoms with Crippen molar-refractivity contribution in [2.45, 2.75) is 6.54 Å². The number of aromatic nitrogens is 4. The number of oxazole rings is 1. The molecule has 1 aromatic carbocycles. The Labute approximate surface area is 191 Å². The lowest BCUT2D eigenvalue weighted by molar-refractivity contribution is -0.126. The van der Waals surface area contributed by atoms with Gasteiger partial charge in [-0.3, -0.25) is 9.59 Å². The van der Waals surface area contributed by atoms with Crippen LogP contribution in [0.3, 0.4) is 0 Å². The van der Waals surface area contributed by atoms with Crippen LogP contribution in [0, 0.1) is 11.6 Å². The van der Waals surface area contributed by atoms with Gasteiger partial charge in [0.25, 0.3) is 5.91 Å². The molecule has 10 nitrogen and oxygen atoms in total. The highest BCUT2D eigenvalue weighted by atomic mass is 19.2. The van der Waals surface area contributed by atoms with E-state index in [1.54, 1.807) is 11.1 Å². The molecule has 12 heteroatoms. The van der Waals surface area contributed by atoms with Gasteiger partial charge in [-0.15, -0.1) is 0 Å². The van der Waals surface area contributed by atoms with E-state index < -0.39 is 17.5 Å². The predicted octanol–water partition coefficient (Wildman–Crippen LogP) is 2.14.